The Morgan fingerprint density at radius 2 is 2.12 bits per heavy atom. The molecule has 2 aromatic heterocycles. The van der Waals surface area contributed by atoms with Crippen molar-refractivity contribution in [2.75, 3.05) is 13.1 Å². The second-order valence-electron chi connectivity index (χ2n) is 6.93. The summed E-state index contributed by atoms with van der Waals surface area (Å²) in [7, 11) is 0. The molecule has 0 radical (unpaired) electrons. The minimum Gasteiger partial charge on any atom is -0.391 e. The Bertz CT molecular complexity index is 869. The van der Waals surface area contributed by atoms with Gasteiger partial charge in [0.05, 0.1) is 23.7 Å². The van der Waals surface area contributed by atoms with Crippen molar-refractivity contribution in [1.29, 1.82) is 0 Å². The first-order valence-electron chi connectivity index (χ1n) is 9.06. The van der Waals surface area contributed by atoms with Crippen molar-refractivity contribution in [3.63, 3.8) is 0 Å². The van der Waals surface area contributed by atoms with Crippen molar-refractivity contribution in [2.45, 2.75) is 45.4 Å². The Kier molecular flexibility index (Phi) is 4.63. The zero-order valence-corrected chi connectivity index (χ0v) is 15.7. The van der Waals surface area contributed by atoms with E-state index in [9.17, 15) is 5.11 Å². The van der Waals surface area contributed by atoms with Gasteiger partial charge in [-0.1, -0.05) is 12.1 Å². The monoisotopic (exact) mass is 355 g/mol. The predicted molar refractivity (Wildman–Crippen MR) is 103 cm³/mol. The molecule has 4 rings (SSSR count). The maximum absolute atomic E-state index is 10.7. The van der Waals surface area contributed by atoms with Crippen LogP contribution < -0.4 is 0 Å². The quantitative estimate of drug-likeness (QED) is 0.774. The minimum atomic E-state index is -0.300. The molecule has 3 aromatic rings. The lowest BCUT2D eigenvalue weighted by Gasteiger charge is -2.35. The van der Waals surface area contributed by atoms with Crippen LogP contribution in [0.5, 0.6) is 0 Å². The number of hydrogen-bond acceptors (Lipinski definition) is 4. The van der Waals surface area contributed by atoms with Gasteiger partial charge in [0.2, 0.25) is 0 Å². The van der Waals surface area contributed by atoms with E-state index in [2.05, 4.69) is 53.0 Å². The van der Waals surface area contributed by atoms with Gasteiger partial charge in [0.1, 0.15) is 5.82 Å². The van der Waals surface area contributed by atoms with Crippen LogP contribution in [-0.2, 0) is 13.1 Å². The predicted octanol–water partition coefficient (Wildman–Crippen LogP) is 3.78. The van der Waals surface area contributed by atoms with Crippen molar-refractivity contribution in [3.8, 4) is 0 Å². The molecule has 0 amide bonds. The molecule has 5 heteroatoms. The number of benzene rings is 1. The van der Waals surface area contributed by atoms with Crippen LogP contribution in [0.3, 0.4) is 0 Å². The Balaban J connectivity index is 1.51. The summed E-state index contributed by atoms with van der Waals surface area (Å²) in [6, 6.07) is 10.5. The fourth-order valence-electron chi connectivity index (χ4n) is 4.01. The summed E-state index contributed by atoms with van der Waals surface area (Å²) in [4.78, 5) is 8.53. The third-order valence-electron chi connectivity index (χ3n) is 5.32. The molecule has 1 aliphatic heterocycles. The second-order valence-corrected chi connectivity index (χ2v) is 7.87. The van der Waals surface area contributed by atoms with E-state index < -0.39 is 0 Å². The normalized spacial score (nSPS) is 21.9. The smallest absolute Gasteiger partial charge is 0.124 e. The van der Waals surface area contributed by atoms with E-state index in [1.807, 2.05) is 6.07 Å². The number of thiophene rings is 1. The van der Waals surface area contributed by atoms with Gasteiger partial charge in [0.25, 0.3) is 0 Å². The van der Waals surface area contributed by atoms with Gasteiger partial charge in [-0.2, -0.15) is 0 Å². The summed E-state index contributed by atoms with van der Waals surface area (Å²) in [5.41, 5.74) is 3.57. The van der Waals surface area contributed by atoms with Gasteiger partial charge < -0.3 is 9.67 Å². The van der Waals surface area contributed by atoms with E-state index in [1.54, 1.807) is 11.3 Å². The van der Waals surface area contributed by atoms with Crippen LogP contribution in [0.2, 0.25) is 0 Å². The number of aromatic nitrogens is 2. The number of likely N-dealkylation sites (tertiary alicyclic amines) is 1. The zero-order chi connectivity index (χ0) is 17.4. The molecule has 0 saturated carbocycles. The number of para-hydroxylation sites is 2. The molecule has 1 aromatic carbocycles. The Morgan fingerprint density at radius 3 is 2.84 bits per heavy atom. The van der Waals surface area contributed by atoms with Crippen LogP contribution in [0.1, 0.15) is 35.5 Å². The average Bonchev–Trinajstić information content (AvgIpc) is 3.18. The van der Waals surface area contributed by atoms with E-state index in [-0.39, 0.29) is 12.0 Å². The topological polar surface area (TPSA) is 41.3 Å². The van der Waals surface area contributed by atoms with Crippen LogP contribution in [0.4, 0.5) is 0 Å². The first kappa shape index (κ1) is 16.8. The molecule has 1 fully saturated rings. The highest BCUT2D eigenvalue weighted by molar-refractivity contribution is 7.10. The van der Waals surface area contributed by atoms with Gasteiger partial charge in [0, 0.05) is 23.9 Å². The van der Waals surface area contributed by atoms with Gasteiger partial charge >= 0.3 is 0 Å². The molecule has 2 atom stereocenters. The first-order valence-corrected chi connectivity index (χ1v) is 9.94. The largest absolute Gasteiger partial charge is 0.391 e. The number of piperidine rings is 1. The lowest BCUT2D eigenvalue weighted by atomic mass is 9.90. The summed E-state index contributed by atoms with van der Waals surface area (Å²) in [5.74, 6) is 1.38. The fourth-order valence-corrected chi connectivity index (χ4v) is 5.13. The maximum Gasteiger partial charge on any atom is 0.124 e. The van der Waals surface area contributed by atoms with Crippen LogP contribution in [0, 0.1) is 6.92 Å². The highest BCUT2D eigenvalue weighted by Gasteiger charge is 2.31. The summed E-state index contributed by atoms with van der Waals surface area (Å²) in [5, 5.41) is 12.9. The zero-order valence-electron chi connectivity index (χ0n) is 14.9. The molecule has 4 nitrogen and oxygen atoms in total. The van der Waals surface area contributed by atoms with Gasteiger partial charge in [0.15, 0.2) is 0 Å². The number of fused-ring (bicyclic) bond motifs is 1. The Morgan fingerprint density at radius 1 is 1.28 bits per heavy atom. The number of hydrogen-bond donors (Lipinski definition) is 1. The van der Waals surface area contributed by atoms with Crippen molar-refractivity contribution in [2.24, 2.45) is 0 Å². The standard InChI is InChI=1S/C20H25N3OS/c1-3-23-17-7-5-4-6-16(17)21-19(23)13-22-10-8-15(18(24)12-22)20-14(2)9-11-25-20/h4-7,9,11,15,18,24H,3,8,10,12-13H2,1-2H3/t15-,18-/m1/s1. The summed E-state index contributed by atoms with van der Waals surface area (Å²) >= 11 is 1.78. The molecule has 1 aliphatic rings. The highest BCUT2D eigenvalue weighted by atomic mass is 32.1. The van der Waals surface area contributed by atoms with E-state index in [0.29, 0.717) is 0 Å². The summed E-state index contributed by atoms with van der Waals surface area (Å²) in [6.07, 6.45) is 0.708. The van der Waals surface area contributed by atoms with E-state index in [4.69, 9.17) is 4.98 Å². The molecule has 3 heterocycles. The number of β-amino-alcohol motifs (C(OH)–C–C–N with tert-alkyl or cyclic N) is 1. The number of aliphatic hydroxyl groups is 1. The molecule has 1 N–H and O–H groups in total. The van der Waals surface area contributed by atoms with Gasteiger partial charge in [-0.3, -0.25) is 4.90 Å². The van der Waals surface area contributed by atoms with Crippen LogP contribution in [0.25, 0.3) is 11.0 Å². The van der Waals surface area contributed by atoms with Crippen molar-refractivity contribution in [1.82, 2.24) is 14.5 Å². The molecule has 0 aliphatic carbocycles. The van der Waals surface area contributed by atoms with Crippen LogP contribution in [-0.4, -0.2) is 38.8 Å². The molecule has 0 bridgehead atoms. The number of nitrogens with zero attached hydrogens (tertiary/aromatic N) is 3. The Labute approximate surface area is 152 Å². The number of imidazole rings is 1. The molecule has 25 heavy (non-hydrogen) atoms. The highest BCUT2D eigenvalue weighted by Crippen LogP contribution is 2.34. The lowest BCUT2D eigenvalue weighted by molar-refractivity contribution is 0.0470. The second kappa shape index (κ2) is 6.90. The molecule has 132 valence electrons. The first-order chi connectivity index (χ1) is 12.2. The van der Waals surface area contributed by atoms with Crippen molar-refractivity contribution in [3.05, 3.63) is 52.0 Å². The van der Waals surface area contributed by atoms with Crippen molar-refractivity contribution < 1.29 is 5.11 Å². The van der Waals surface area contributed by atoms with E-state index in [1.165, 1.54) is 16.0 Å². The number of rotatable bonds is 4. The van der Waals surface area contributed by atoms with Gasteiger partial charge in [-0.05, 0) is 56.0 Å². The summed E-state index contributed by atoms with van der Waals surface area (Å²) in [6.45, 7) is 7.76. The molecule has 1 saturated heterocycles. The summed E-state index contributed by atoms with van der Waals surface area (Å²) < 4.78 is 2.29. The molecular formula is C20H25N3OS. The molecular weight excluding hydrogens is 330 g/mol. The third kappa shape index (κ3) is 3.12. The minimum absolute atomic E-state index is 0.279. The number of aliphatic hydroxyl groups excluding tert-OH is 1. The lowest BCUT2D eigenvalue weighted by Crippen LogP contribution is -2.42. The third-order valence-corrected chi connectivity index (χ3v) is 6.47. The molecule has 0 spiro atoms. The van der Waals surface area contributed by atoms with E-state index >= 15 is 0 Å². The average molecular weight is 356 g/mol. The number of aryl methyl sites for hydroxylation is 2. The van der Waals surface area contributed by atoms with E-state index in [0.717, 1.165) is 43.9 Å². The SMILES string of the molecule is CCn1c(CN2CC[C@@H](c3sccc3C)[C@H](O)C2)nc2ccccc21. The maximum atomic E-state index is 10.7. The van der Waals surface area contributed by atoms with Crippen LogP contribution in [0.15, 0.2) is 35.7 Å². The fraction of sp³-hybridized carbons (Fsp3) is 0.450. The molecule has 0 unspecified atom stereocenters. The van der Waals surface area contributed by atoms with Crippen molar-refractivity contribution >= 4 is 22.4 Å². The Hall–Kier alpha value is -1.69. The van der Waals surface area contributed by atoms with Crippen LogP contribution >= 0.6 is 11.3 Å². The van der Waals surface area contributed by atoms with Gasteiger partial charge in [-0.25, -0.2) is 4.98 Å². The van der Waals surface area contributed by atoms with Gasteiger partial charge in [-0.15, -0.1) is 11.3 Å².